The second-order valence-corrected chi connectivity index (χ2v) is 6.16. The first-order valence-electron chi connectivity index (χ1n) is 8.52. The minimum absolute atomic E-state index is 0.0608. The minimum Gasteiger partial charge on any atom is -0.506 e. The van der Waals surface area contributed by atoms with E-state index in [1.165, 1.54) is 6.07 Å². The van der Waals surface area contributed by atoms with E-state index in [4.69, 9.17) is 9.47 Å². The third-order valence-corrected chi connectivity index (χ3v) is 4.51. The van der Waals surface area contributed by atoms with Gasteiger partial charge in [0.25, 0.3) is 0 Å². The third kappa shape index (κ3) is 3.22. The van der Waals surface area contributed by atoms with Crippen LogP contribution in [-0.2, 0) is 25.5 Å². The topological polar surface area (TPSA) is 84.9 Å². The van der Waals surface area contributed by atoms with Crippen molar-refractivity contribution in [1.82, 2.24) is 0 Å². The number of benzene rings is 2. The van der Waals surface area contributed by atoms with Crippen molar-refractivity contribution < 1.29 is 24.2 Å². The molecule has 2 atom stereocenters. The molecule has 6 nitrogen and oxygen atoms in total. The van der Waals surface area contributed by atoms with Crippen LogP contribution in [0.1, 0.15) is 12.5 Å². The number of rotatable bonds is 6. The van der Waals surface area contributed by atoms with Gasteiger partial charge in [0.05, 0.1) is 18.9 Å². The van der Waals surface area contributed by atoms with Crippen molar-refractivity contribution in [2.45, 2.75) is 18.9 Å². The van der Waals surface area contributed by atoms with E-state index in [0.717, 1.165) is 5.56 Å². The molecule has 0 radical (unpaired) electrons. The first-order chi connectivity index (χ1) is 12.6. The lowest BCUT2D eigenvalue weighted by Gasteiger charge is -2.31. The molecule has 0 unspecified atom stereocenters. The van der Waals surface area contributed by atoms with Gasteiger partial charge in [-0.05, 0) is 31.0 Å². The Morgan fingerprint density at radius 1 is 1.23 bits per heavy atom. The van der Waals surface area contributed by atoms with Gasteiger partial charge in [-0.3, -0.25) is 0 Å². The first-order valence-corrected chi connectivity index (χ1v) is 8.52. The van der Waals surface area contributed by atoms with Crippen LogP contribution in [-0.4, -0.2) is 35.8 Å². The predicted molar refractivity (Wildman–Crippen MR) is 95.7 cm³/mol. The Balaban J connectivity index is 2.00. The van der Waals surface area contributed by atoms with Crippen LogP contribution >= 0.6 is 0 Å². The number of esters is 2. The summed E-state index contributed by atoms with van der Waals surface area (Å²) in [6.07, 6.45) is 0.450. The number of phenols is 1. The maximum absolute atomic E-state index is 12.8. The Kier molecular flexibility index (Phi) is 5.11. The fourth-order valence-corrected chi connectivity index (χ4v) is 3.18. The second-order valence-electron chi connectivity index (χ2n) is 6.16. The average Bonchev–Trinajstić information content (AvgIpc) is 2.95. The highest BCUT2D eigenvalue weighted by molar-refractivity contribution is 6.09. The molecule has 0 saturated carbocycles. The number of ether oxygens (including phenoxy) is 2. The van der Waals surface area contributed by atoms with Crippen LogP contribution in [0.5, 0.6) is 5.75 Å². The van der Waals surface area contributed by atoms with E-state index in [2.05, 4.69) is 5.32 Å². The van der Waals surface area contributed by atoms with E-state index < -0.39 is 23.4 Å². The molecule has 2 aromatic carbocycles. The van der Waals surface area contributed by atoms with E-state index in [1.807, 2.05) is 30.3 Å². The number of carbonyl (C=O) groups is 2. The van der Waals surface area contributed by atoms with Crippen LogP contribution < -0.4 is 5.32 Å². The lowest BCUT2D eigenvalue weighted by Crippen LogP contribution is -2.56. The Bertz CT molecular complexity index is 792. The summed E-state index contributed by atoms with van der Waals surface area (Å²) in [5, 5.41) is 13.0. The molecule has 1 aliphatic heterocycles. The molecule has 136 valence electrons. The summed E-state index contributed by atoms with van der Waals surface area (Å²) in [5.74, 6) is -1.93. The lowest BCUT2D eigenvalue weighted by molar-refractivity contribution is -0.157. The molecule has 1 fully saturated rings. The Labute approximate surface area is 151 Å². The number of nitrogens with one attached hydrogen (secondary N) is 1. The monoisotopic (exact) mass is 355 g/mol. The molecule has 1 saturated heterocycles. The van der Waals surface area contributed by atoms with E-state index in [0.29, 0.717) is 6.42 Å². The normalized spacial score (nSPS) is 21.9. The van der Waals surface area contributed by atoms with Crippen molar-refractivity contribution in [3.8, 4) is 5.75 Å². The van der Waals surface area contributed by atoms with Crippen molar-refractivity contribution in [2.75, 3.05) is 18.5 Å². The van der Waals surface area contributed by atoms with Crippen LogP contribution in [0.25, 0.3) is 0 Å². The molecule has 26 heavy (non-hydrogen) atoms. The standard InChI is InChI=1S/C20H21NO5/c1-2-25-18(23)20(21-16-10-6-7-11-17(16)22)15(13-26-19(20)24)12-14-8-4-3-5-9-14/h3-11,15,21-22H,2,12-13H2,1H3/t15-,20-/m0/s1. The highest BCUT2D eigenvalue weighted by Gasteiger charge is 2.60. The molecule has 1 heterocycles. The maximum atomic E-state index is 12.8. The fourth-order valence-electron chi connectivity index (χ4n) is 3.18. The van der Waals surface area contributed by atoms with Crippen LogP contribution in [0.2, 0.25) is 0 Å². The molecule has 1 aliphatic rings. The van der Waals surface area contributed by atoms with Gasteiger partial charge in [0.2, 0.25) is 5.54 Å². The average molecular weight is 355 g/mol. The van der Waals surface area contributed by atoms with Crippen molar-refractivity contribution >= 4 is 17.6 Å². The van der Waals surface area contributed by atoms with Crippen LogP contribution in [0.3, 0.4) is 0 Å². The van der Waals surface area contributed by atoms with Crippen LogP contribution in [0.15, 0.2) is 54.6 Å². The summed E-state index contributed by atoms with van der Waals surface area (Å²) in [6, 6.07) is 16.0. The molecule has 6 heteroatoms. The van der Waals surface area contributed by atoms with E-state index in [-0.39, 0.29) is 24.7 Å². The highest BCUT2D eigenvalue weighted by atomic mass is 16.6. The number of hydrogen-bond donors (Lipinski definition) is 2. The number of carbonyl (C=O) groups excluding carboxylic acids is 2. The summed E-state index contributed by atoms with van der Waals surface area (Å²) < 4.78 is 10.4. The van der Waals surface area contributed by atoms with E-state index >= 15 is 0 Å². The number of cyclic esters (lactones) is 1. The summed E-state index contributed by atoms with van der Waals surface area (Å²) >= 11 is 0. The van der Waals surface area contributed by atoms with Gasteiger partial charge < -0.3 is 19.9 Å². The third-order valence-electron chi connectivity index (χ3n) is 4.51. The van der Waals surface area contributed by atoms with Gasteiger partial charge in [-0.25, -0.2) is 9.59 Å². The lowest BCUT2D eigenvalue weighted by atomic mass is 9.81. The quantitative estimate of drug-likeness (QED) is 0.471. The number of para-hydroxylation sites is 2. The van der Waals surface area contributed by atoms with Gasteiger partial charge in [0.15, 0.2) is 0 Å². The summed E-state index contributed by atoms with van der Waals surface area (Å²) in [7, 11) is 0. The Hall–Kier alpha value is -3.02. The molecular formula is C20H21NO5. The zero-order chi connectivity index (χ0) is 18.6. The molecule has 0 amide bonds. The van der Waals surface area contributed by atoms with E-state index in [1.54, 1.807) is 25.1 Å². The number of phenolic OH excluding ortho intramolecular Hbond substituents is 1. The summed E-state index contributed by atoms with van der Waals surface area (Å²) in [6.45, 7) is 1.90. The van der Waals surface area contributed by atoms with Gasteiger partial charge in [-0.15, -0.1) is 0 Å². The molecule has 0 spiro atoms. The van der Waals surface area contributed by atoms with Crippen molar-refractivity contribution in [1.29, 1.82) is 0 Å². The molecule has 0 aliphatic carbocycles. The number of anilines is 1. The molecule has 2 aromatic rings. The SMILES string of the molecule is CCOC(=O)[C@]1(Nc2ccccc2O)C(=O)OC[C@@H]1Cc1ccccc1. The minimum atomic E-state index is -1.70. The Morgan fingerprint density at radius 2 is 1.92 bits per heavy atom. The predicted octanol–water partition coefficient (Wildman–Crippen LogP) is 2.52. The van der Waals surface area contributed by atoms with Crippen LogP contribution in [0.4, 0.5) is 5.69 Å². The summed E-state index contributed by atoms with van der Waals surface area (Å²) in [5.41, 5.74) is -0.453. The zero-order valence-corrected chi connectivity index (χ0v) is 14.5. The number of aromatic hydroxyl groups is 1. The Morgan fingerprint density at radius 3 is 2.62 bits per heavy atom. The maximum Gasteiger partial charge on any atom is 0.344 e. The zero-order valence-electron chi connectivity index (χ0n) is 14.5. The largest absolute Gasteiger partial charge is 0.506 e. The smallest absolute Gasteiger partial charge is 0.344 e. The van der Waals surface area contributed by atoms with Crippen LogP contribution in [0, 0.1) is 5.92 Å². The van der Waals surface area contributed by atoms with Gasteiger partial charge in [-0.1, -0.05) is 42.5 Å². The highest BCUT2D eigenvalue weighted by Crippen LogP contribution is 2.37. The first kappa shape index (κ1) is 17.8. The molecule has 0 bridgehead atoms. The fraction of sp³-hybridized carbons (Fsp3) is 0.300. The number of hydrogen-bond acceptors (Lipinski definition) is 6. The van der Waals surface area contributed by atoms with Gasteiger partial charge in [-0.2, -0.15) is 0 Å². The van der Waals surface area contributed by atoms with Crippen molar-refractivity contribution in [2.24, 2.45) is 5.92 Å². The molecule has 3 rings (SSSR count). The van der Waals surface area contributed by atoms with E-state index in [9.17, 15) is 14.7 Å². The van der Waals surface area contributed by atoms with Gasteiger partial charge >= 0.3 is 11.9 Å². The second kappa shape index (κ2) is 7.47. The molecular weight excluding hydrogens is 334 g/mol. The van der Waals surface area contributed by atoms with Crippen molar-refractivity contribution in [3.05, 3.63) is 60.2 Å². The molecule has 2 N–H and O–H groups in total. The van der Waals surface area contributed by atoms with Gasteiger partial charge in [0, 0.05) is 5.92 Å². The van der Waals surface area contributed by atoms with Crippen molar-refractivity contribution in [3.63, 3.8) is 0 Å². The summed E-state index contributed by atoms with van der Waals surface area (Å²) in [4.78, 5) is 25.5. The molecule has 0 aromatic heterocycles. The van der Waals surface area contributed by atoms with Gasteiger partial charge in [0.1, 0.15) is 5.75 Å².